The van der Waals surface area contributed by atoms with Gasteiger partial charge in [0.1, 0.15) is 5.69 Å². The zero-order valence-electron chi connectivity index (χ0n) is 11.7. The lowest BCUT2D eigenvalue weighted by Gasteiger charge is -2.05. The fourth-order valence-corrected chi connectivity index (χ4v) is 2.21. The maximum atomic E-state index is 12.0. The molecule has 0 fully saturated rings. The summed E-state index contributed by atoms with van der Waals surface area (Å²) >= 11 is 3.33. The van der Waals surface area contributed by atoms with E-state index in [-0.39, 0.29) is 12.5 Å². The molecule has 6 N–H and O–H groups in total. The molecule has 0 aliphatic rings. The second-order valence-corrected chi connectivity index (χ2v) is 5.68. The van der Waals surface area contributed by atoms with Crippen LogP contribution in [0.15, 0.2) is 53.1 Å². The van der Waals surface area contributed by atoms with Gasteiger partial charge in [-0.25, -0.2) is 5.32 Å². The van der Waals surface area contributed by atoms with Crippen molar-refractivity contribution in [2.24, 2.45) is 0 Å². The third kappa shape index (κ3) is 5.03. The third-order valence-electron chi connectivity index (χ3n) is 3.04. The third-order valence-corrected chi connectivity index (χ3v) is 3.57. The molecule has 1 atom stereocenters. The number of urea groups is 1. The Kier molecular flexibility index (Phi) is 5.76. The van der Waals surface area contributed by atoms with Gasteiger partial charge in [0, 0.05) is 33.3 Å². The topological polar surface area (TPSA) is 103 Å². The standard InChI is InChI=1S/C15H14BrN3O3/c16-10-4-6-11(7-5-10)18-15(22)19-13(14(20)21)9-12-3-1-2-8-17-12/h1-8,13H,9H2,(H,20,21)(H2,18,19,22)/p+3. The highest BCUT2D eigenvalue weighted by Crippen LogP contribution is 2.10. The molecule has 0 radical (unpaired) electrons. The fraction of sp³-hybridized carbons (Fsp3) is 0.133. The molecule has 0 aliphatic carbocycles. The highest BCUT2D eigenvalue weighted by molar-refractivity contribution is 9.10. The van der Waals surface area contributed by atoms with Gasteiger partial charge in [0.15, 0.2) is 0 Å². The molecule has 1 heterocycles. The van der Waals surface area contributed by atoms with E-state index < -0.39 is 12.0 Å². The van der Waals surface area contributed by atoms with Crippen molar-refractivity contribution in [2.75, 3.05) is 0 Å². The maximum Gasteiger partial charge on any atom is 0.575 e. The molecule has 114 valence electrons. The number of pyridine rings is 1. The number of hydrogen-bond donors (Lipinski definition) is 2. The number of benzene rings is 1. The maximum absolute atomic E-state index is 12.0. The molecular weight excluding hydrogens is 350 g/mol. The number of amides is 2. The average Bonchev–Trinajstić information content (AvgIpc) is 2.50. The summed E-state index contributed by atoms with van der Waals surface area (Å²) in [4.78, 5) is 27.6. The molecule has 1 aromatic carbocycles. The summed E-state index contributed by atoms with van der Waals surface area (Å²) in [7, 11) is 0. The van der Waals surface area contributed by atoms with E-state index in [1.807, 2.05) is 18.2 Å². The van der Waals surface area contributed by atoms with Gasteiger partial charge in [-0.3, -0.25) is 4.98 Å². The van der Waals surface area contributed by atoms with Crippen molar-refractivity contribution < 1.29 is 25.3 Å². The Balaban J connectivity index is 1.97. The highest BCUT2D eigenvalue weighted by atomic mass is 79.9. The molecule has 6 nitrogen and oxygen atoms in total. The van der Waals surface area contributed by atoms with Gasteiger partial charge in [-0.2, -0.15) is 10.1 Å². The first-order valence-corrected chi connectivity index (χ1v) is 7.48. The number of carbonyl (C=O) groups is 2. The first kappa shape index (κ1) is 16.3. The number of quaternary nitrogens is 2. The van der Waals surface area contributed by atoms with E-state index in [2.05, 4.69) is 20.9 Å². The number of hydrogen-bond acceptors (Lipinski definition) is 3. The van der Waals surface area contributed by atoms with Crippen LogP contribution in [0, 0.1) is 0 Å². The first-order chi connectivity index (χ1) is 10.5. The Bertz CT molecular complexity index is 647. The van der Waals surface area contributed by atoms with E-state index in [1.54, 1.807) is 30.5 Å². The molecule has 2 amide bonds. The van der Waals surface area contributed by atoms with Crippen molar-refractivity contribution in [2.45, 2.75) is 12.5 Å². The molecule has 0 saturated carbocycles. The molecule has 0 aliphatic heterocycles. The van der Waals surface area contributed by atoms with Gasteiger partial charge in [0.2, 0.25) is 0 Å². The van der Waals surface area contributed by atoms with Crippen LogP contribution < -0.4 is 10.6 Å². The van der Waals surface area contributed by atoms with E-state index in [4.69, 9.17) is 5.11 Å². The molecule has 0 saturated heterocycles. The van der Waals surface area contributed by atoms with Crippen LogP contribution in [0.3, 0.4) is 0 Å². The largest absolute Gasteiger partial charge is 0.575 e. The highest BCUT2D eigenvalue weighted by Gasteiger charge is 2.34. The van der Waals surface area contributed by atoms with E-state index in [9.17, 15) is 9.59 Å². The summed E-state index contributed by atoms with van der Waals surface area (Å²) in [5.74, 6) is -0.789. The van der Waals surface area contributed by atoms with Crippen LogP contribution in [0.5, 0.6) is 0 Å². The molecule has 0 bridgehead atoms. The normalized spacial score (nSPS) is 11.9. The zero-order valence-corrected chi connectivity index (χ0v) is 13.3. The van der Waals surface area contributed by atoms with Crippen LogP contribution in [-0.4, -0.2) is 28.1 Å². The monoisotopic (exact) mass is 366 g/mol. The minimum atomic E-state index is -0.789. The van der Waals surface area contributed by atoms with Gasteiger partial charge in [0.25, 0.3) is 6.04 Å². The van der Waals surface area contributed by atoms with Crippen LogP contribution >= 0.6 is 15.9 Å². The van der Waals surface area contributed by atoms with Crippen LogP contribution in [0.25, 0.3) is 0 Å². The summed E-state index contributed by atoms with van der Waals surface area (Å²) in [6.45, 7) is 0. The van der Waals surface area contributed by atoms with Gasteiger partial charge in [-0.15, -0.1) is 0 Å². The van der Waals surface area contributed by atoms with Crippen molar-refractivity contribution >= 4 is 33.6 Å². The van der Waals surface area contributed by atoms with Crippen molar-refractivity contribution in [3.05, 3.63) is 58.8 Å². The van der Waals surface area contributed by atoms with Crippen molar-refractivity contribution in [1.29, 1.82) is 0 Å². The van der Waals surface area contributed by atoms with Gasteiger partial charge in [-0.1, -0.05) is 22.0 Å². The summed E-state index contributed by atoms with van der Waals surface area (Å²) in [6, 6.07) is 11.5. The minimum Gasteiger partial charge on any atom is -0.560 e. The van der Waals surface area contributed by atoms with Crippen molar-refractivity contribution in [3.8, 4) is 0 Å². The predicted octanol–water partition coefficient (Wildman–Crippen LogP) is -0.415. The summed E-state index contributed by atoms with van der Waals surface area (Å²) in [5.41, 5.74) is 1.43. The molecule has 2 rings (SSSR count). The molecular formula is C15H17BrN3O3+3. The summed E-state index contributed by atoms with van der Waals surface area (Å²) < 4.78 is 0.926. The Morgan fingerprint density at radius 1 is 1.18 bits per heavy atom. The van der Waals surface area contributed by atoms with Crippen LogP contribution in [0.2, 0.25) is 0 Å². The summed E-state index contributed by atoms with van der Waals surface area (Å²) in [5, 5.41) is 10.0. The Morgan fingerprint density at radius 3 is 2.50 bits per heavy atom. The second kappa shape index (κ2) is 7.79. The lowest BCUT2D eigenvalue weighted by molar-refractivity contribution is -0.682. The van der Waals surface area contributed by atoms with Gasteiger partial charge < -0.3 is 5.11 Å². The molecule has 1 unspecified atom stereocenters. The van der Waals surface area contributed by atoms with Gasteiger partial charge >= 0.3 is 12.0 Å². The van der Waals surface area contributed by atoms with E-state index in [0.717, 1.165) is 10.2 Å². The van der Waals surface area contributed by atoms with Gasteiger partial charge in [-0.05, 0) is 24.3 Å². The lowest BCUT2D eigenvalue weighted by Crippen LogP contribution is -3.10. The van der Waals surface area contributed by atoms with Crippen LogP contribution in [0.1, 0.15) is 5.69 Å². The smallest absolute Gasteiger partial charge is 0.560 e. The number of primary amides is 2. The number of halogens is 1. The first-order valence-electron chi connectivity index (χ1n) is 6.69. The minimum absolute atomic E-state index is 0.253. The Labute approximate surface area is 135 Å². The number of aromatic nitrogens is 1. The Hall–Kier alpha value is -2.09. The average molecular weight is 367 g/mol. The molecule has 7 heteroatoms. The van der Waals surface area contributed by atoms with Gasteiger partial charge in [0.05, 0.1) is 6.42 Å². The van der Waals surface area contributed by atoms with Crippen molar-refractivity contribution in [3.63, 3.8) is 0 Å². The SMILES string of the molecule is O=C([NH2+]c1ccc(Br)cc1)[NH2+]C(Cc1ccccn1)C(=O)[OH2+]. The fourth-order valence-electron chi connectivity index (χ4n) is 1.94. The predicted molar refractivity (Wildman–Crippen MR) is 83.4 cm³/mol. The van der Waals surface area contributed by atoms with Crippen molar-refractivity contribution in [1.82, 2.24) is 4.98 Å². The molecule has 0 spiro atoms. The number of nitrogens with zero attached hydrogens (tertiary/aromatic N) is 1. The van der Waals surface area contributed by atoms with Crippen LogP contribution in [-0.2, 0) is 11.2 Å². The number of carbonyl (C=O) groups excluding carboxylic acids is 2. The lowest BCUT2D eigenvalue weighted by atomic mass is 10.1. The second-order valence-electron chi connectivity index (χ2n) is 4.76. The number of rotatable bonds is 5. The Morgan fingerprint density at radius 2 is 1.91 bits per heavy atom. The quantitative estimate of drug-likeness (QED) is 0.554. The summed E-state index contributed by atoms with van der Waals surface area (Å²) in [6.07, 6.45) is 1.87. The van der Waals surface area contributed by atoms with E-state index in [1.165, 1.54) is 10.6 Å². The van der Waals surface area contributed by atoms with E-state index >= 15 is 0 Å². The van der Waals surface area contributed by atoms with E-state index in [0.29, 0.717) is 5.69 Å². The van der Waals surface area contributed by atoms with Crippen LogP contribution in [0.4, 0.5) is 10.5 Å². The molecule has 22 heavy (non-hydrogen) atoms. The molecule has 1 aromatic heterocycles. The zero-order chi connectivity index (χ0) is 15.9. The number of nitrogens with two attached hydrogens (primary N) is 2. The molecule has 2 aromatic rings.